The Morgan fingerprint density at radius 1 is 1.39 bits per heavy atom. The first-order valence-electron chi connectivity index (χ1n) is 5.31. The van der Waals surface area contributed by atoms with Gasteiger partial charge in [-0.1, -0.05) is 17.3 Å². The van der Waals surface area contributed by atoms with E-state index in [9.17, 15) is 4.79 Å². The van der Waals surface area contributed by atoms with E-state index in [-0.39, 0.29) is 12.3 Å². The fourth-order valence-corrected chi connectivity index (χ4v) is 1.66. The minimum atomic E-state index is -0.231. The van der Waals surface area contributed by atoms with Crippen molar-refractivity contribution in [3.05, 3.63) is 36.3 Å². The second-order valence-corrected chi connectivity index (χ2v) is 3.68. The van der Waals surface area contributed by atoms with Crippen molar-refractivity contribution >= 4 is 22.8 Å². The van der Waals surface area contributed by atoms with E-state index < -0.39 is 0 Å². The number of nitrogens with one attached hydrogen (secondary N) is 2. The summed E-state index contributed by atoms with van der Waals surface area (Å²) in [5.74, 6) is 0.0820. The van der Waals surface area contributed by atoms with E-state index in [0.29, 0.717) is 17.2 Å². The number of amides is 1. The molecule has 0 unspecified atom stereocenters. The molecule has 0 saturated heterocycles. The number of fused-ring (bicyclic) bond motifs is 1. The van der Waals surface area contributed by atoms with E-state index >= 15 is 0 Å². The van der Waals surface area contributed by atoms with Crippen LogP contribution in [-0.2, 0) is 11.2 Å². The van der Waals surface area contributed by atoms with Gasteiger partial charge in [0.25, 0.3) is 0 Å². The third kappa shape index (κ3) is 1.93. The van der Waals surface area contributed by atoms with Gasteiger partial charge in [-0.05, 0) is 12.1 Å². The number of carbonyl (C=O) groups is 1. The van der Waals surface area contributed by atoms with Gasteiger partial charge in [0.15, 0.2) is 5.58 Å². The lowest BCUT2D eigenvalue weighted by atomic mass is 10.2. The molecule has 1 aromatic carbocycles. The minimum Gasteiger partial charge on any atom is -0.356 e. The van der Waals surface area contributed by atoms with Crippen LogP contribution in [0.1, 0.15) is 5.69 Å². The quantitative estimate of drug-likeness (QED) is 0.718. The summed E-state index contributed by atoms with van der Waals surface area (Å²) in [5, 5.41) is 13.5. The first-order valence-corrected chi connectivity index (χ1v) is 5.31. The largest absolute Gasteiger partial charge is 0.356 e. The monoisotopic (exact) mass is 243 g/mol. The summed E-state index contributed by atoms with van der Waals surface area (Å²) < 4.78 is 5.12. The van der Waals surface area contributed by atoms with Crippen molar-refractivity contribution in [2.75, 3.05) is 5.32 Å². The summed E-state index contributed by atoms with van der Waals surface area (Å²) in [5.41, 5.74) is 1.27. The van der Waals surface area contributed by atoms with Gasteiger partial charge in [0, 0.05) is 5.39 Å². The highest BCUT2D eigenvalue weighted by atomic mass is 16.5. The molecule has 7 nitrogen and oxygen atoms in total. The number of aromatic amines is 1. The van der Waals surface area contributed by atoms with Crippen LogP contribution in [0.25, 0.3) is 11.0 Å². The molecule has 2 aromatic heterocycles. The molecule has 0 atom stereocenters. The highest BCUT2D eigenvalue weighted by Gasteiger charge is 2.12. The number of nitrogens with zero attached hydrogens (tertiary/aromatic N) is 3. The number of H-pyrrole nitrogens is 1. The fourth-order valence-electron chi connectivity index (χ4n) is 1.66. The van der Waals surface area contributed by atoms with Gasteiger partial charge in [0.2, 0.25) is 11.9 Å². The van der Waals surface area contributed by atoms with Gasteiger partial charge < -0.3 is 4.52 Å². The zero-order chi connectivity index (χ0) is 12.4. The number of hydrogen-bond acceptors (Lipinski definition) is 5. The van der Waals surface area contributed by atoms with Crippen LogP contribution < -0.4 is 5.32 Å². The van der Waals surface area contributed by atoms with Crippen molar-refractivity contribution in [2.45, 2.75) is 6.42 Å². The number of rotatable bonds is 3. The van der Waals surface area contributed by atoms with Crippen LogP contribution in [0.2, 0.25) is 0 Å². The average Bonchev–Trinajstić information content (AvgIpc) is 3.00. The summed E-state index contributed by atoms with van der Waals surface area (Å²) in [6.45, 7) is 0. The van der Waals surface area contributed by atoms with Gasteiger partial charge in [-0.15, -0.1) is 0 Å². The van der Waals surface area contributed by atoms with Crippen LogP contribution in [0, 0.1) is 0 Å². The molecular weight excluding hydrogens is 234 g/mol. The Morgan fingerprint density at radius 2 is 2.28 bits per heavy atom. The van der Waals surface area contributed by atoms with Gasteiger partial charge in [-0.2, -0.15) is 10.1 Å². The third-order valence-corrected chi connectivity index (χ3v) is 2.45. The minimum absolute atomic E-state index is 0.123. The number of hydrogen-bond donors (Lipinski definition) is 2. The smallest absolute Gasteiger partial charge is 0.232 e. The standard InChI is InChI=1S/C11H9N5O2/c17-10(14-11-12-6-13-15-11)5-8-7-3-1-2-4-9(7)18-16-8/h1-4,6H,5H2,(H2,12,13,14,15,17). The summed E-state index contributed by atoms with van der Waals surface area (Å²) in [6, 6.07) is 7.40. The number of carbonyl (C=O) groups excluding carboxylic acids is 1. The van der Waals surface area contributed by atoms with E-state index in [0.717, 1.165) is 5.39 Å². The van der Waals surface area contributed by atoms with Crippen molar-refractivity contribution in [3.63, 3.8) is 0 Å². The highest BCUT2D eigenvalue weighted by molar-refractivity contribution is 5.93. The van der Waals surface area contributed by atoms with Crippen LogP contribution >= 0.6 is 0 Å². The Bertz CT molecular complexity index is 674. The Labute approximate surface area is 101 Å². The first kappa shape index (κ1) is 10.5. The van der Waals surface area contributed by atoms with Gasteiger partial charge in [0.05, 0.1) is 6.42 Å². The third-order valence-electron chi connectivity index (χ3n) is 2.45. The molecule has 2 heterocycles. The average molecular weight is 243 g/mol. The normalized spacial score (nSPS) is 10.7. The molecule has 0 aliphatic carbocycles. The Kier molecular flexibility index (Phi) is 2.49. The molecule has 18 heavy (non-hydrogen) atoms. The number of para-hydroxylation sites is 1. The molecule has 0 fully saturated rings. The molecule has 3 aromatic rings. The second kappa shape index (κ2) is 4.28. The van der Waals surface area contributed by atoms with Gasteiger partial charge >= 0.3 is 0 Å². The second-order valence-electron chi connectivity index (χ2n) is 3.68. The molecule has 1 amide bonds. The van der Waals surface area contributed by atoms with Gasteiger partial charge in [0.1, 0.15) is 12.0 Å². The zero-order valence-corrected chi connectivity index (χ0v) is 9.25. The lowest BCUT2D eigenvalue weighted by Crippen LogP contribution is -2.15. The summed E-state index contributed by atoms with van der Waals surface area (Å²) in [4.78, 5) is 15.5. The van der Waals surface area contributed by atoms with Crippen molar-refractivity contribution in [3.8, 4) is 0 Å². The molecule has 0 spiro atoms. The maximum Gasteiger partial charge on any atom is 0.232 e. The summed E-state index contributed by atoms with van der Waals surface area (Å²) >= 11 is 0. The molecule has 3 rings (SSSR count). The molecular formula is C11H9N5O2. The Balaban J connectivity index is 1.78. The highest BCUT2D eigenvalue weighted by Crippen LogP contribution is 2.18. The maximum atomic E-state index is 11.7. The summed E-state index contributed by atoms with van der Waals surface area (Å²) in [6.07, 6.45) is 1.44. The molecule has 0 aliphatic heterocycles. The lowest BCUT2D eigenvalue weighted by Gasteiger charge is -1.98. The van der Waals surface area contributed by atoms with Crippen LogP contribution in [-0.4, -0.2) is 26.2 Å². The zero-order valence-electron chi connectivity index (χ0n) is 9.25. The number of aromatic nitrogens is 4. The molecule has 2 N–H and O–H groups in total. The van der Waals surface area contributed by atoms with E-state index in [1.54, 1.807) is 6.07 Å². The van der Waals surface area contributed by atoms with Crippen molar-refractivity contribution in [1.29, 1.82) is 0 Å². The maximum absolute atomic E-state index is 11.7. The molecule has 0 aliphatic rings. The van der Waals surface area contributed by atoms with Crippen molar-refractivity contribution in [2.24, 2.45) is 0 Å². The number of anilines is 1. The predicted octanol–water partition coefficient (Wildman–Crippen LogP) is 1.13. The number of benzene rings is 1. The molecule has 0 saturated carbocycles. The Morgan fingerprint density at radius 3 is 3.11 bits per heavy atom. The van der Waals surface area contributed by atoms with Crippen LogP contribution in [0.4, 0.5) is 5.95 Å². The molecule has 0 bridgehead atoms. The molecule has 7 heteroatoms. The van der Waals surface area contributed by atoms with Crippen LogP contribution in [0.3, 0.4) is 0 Å². The first-order chi connectivity index (χ1) is 8.83. The van der Waals surface area contributed by atoms with Crippen molar-refractivity contribution < 1.29 is 9.32 Å². The summed E-state index contributed by atoms with van der Waals surface area (Å²) in [7, 11) is 0. The molecule has 0 radical (unpaired) electrons. The Hall–Kier alpha value is -2.70. The lowest BCUT2D eigenvalue weighted by molar-refractivity contribution is -0.115. The van der Waals surface area contributed by atoms with Gasteiger partial charge in [-0.25, -0.2) is 5.10 Å². The van der Waals surface area contributed by atoms with Gasteiger partial charge in [-0.3, -0.25) is 10.1 Å². The van der Waals surface area contributed by atoms with Crippen molar-refractivity contribution in [1.82, 2.24) is 20.3 Å². The topological polar surface area (TPSA) is 96.7 Å². The van der Waals surface area contributed by atoms with E-state index in [1.165, 1.54) is 6.33 Å². The van der Waals surface area contributed by atoms with E-state index in [2.05, 4.69) is 25.7 Å². The predicted molar refractivity (Wildman–Crippen MR) is 62.7 cm³/mol. The van der Waals surface area contributed by atoms with Crippen LogP contribution in [0.5, 0.6) is 0 Å². The van der Waals surface area contributed by atoms with E-state index in [1.807, 2.05) is 18.2 Å². The van der Waals surface area contributed by atoms with Crippen LogP contribution in [0.15, 0.2) is 35.1 Å². The molecule has 90 valence electrons. The van der Waals surface area contributed by atoms with E-state index in [4.69, 9.17) is 4.52 Å². The fraction of sp³-hybridized carbons (Fsp3) is 0.0909. The SMILES string of the molecule is O=C(Cc1noc2ccccc12)Nc1ncn[nH]1.